The normalized spacial score (nSPS) is 11.7. The zero-order valence-electron chi connectivity index (χ0n) is 12.8. The number of para-hydroxylation sites is 1. The first-order valence-electron chi connectivity index (χ1n) is 6.69. The van der Waals surface area contributed by atoms with E-state index in [2.05, 4.69) is 0 Å². The van der Waals surface area contributed by atoms with Crippen molar-refractivity contribution >= 4 is 35.6 Å². The third-order valence-electron chi connectivity index (χ3n) is 3.40. The van der Waals surface area contributed by atoms with Crippen molar-refractivity contribution in [2.24, 2.45) is 11.7 Å². The van der Waals surface area contributed by atoms with Gasteiger partial charge in [-0.1, -0.05) is 31.5 Å². The number of nitro benzene ring substituents is 1. The van der Waals surface area contributed by atoms with Gasteiger partial charge in [0.2, 0.25) is 0 Å². The van der Waals surface area contributed by atoms with Gasteiger partial charge in [0.25, 0.3) is 5.91 Å². The second-order valence-corrected chi connectivity index (χ2v) is 5.72. The molecule has 0 aliphatic carbocycles. The molecule has 1 atom stereocenters. The van der Waals surface area contributed by atoms with Crippen LogP contribution in [-0.2, 0) is 0 Å². The predicted octanol–water partition coefficient (Wildman–Crippen LogP) is 3.12. The fourth-order valence-corrected chi connectivity index (χ4v) is 2.10. The number of nitro groups is 1. The average molecular weight is 350 g/mol. The maximum atomic E-state index is 12.3. The van der Waals surface area contributed by atoms with Crippen molar-refractivity contribution in [2.75, 3.05) is 13.6 Å². The number of benzene rings is 1. The molecule has 0 bridgehead atoms. The lowest BCUT2D eigenvalue weighted by Crippen LogP contribution is -2.34. The van der Waals surface area contributed by atoms with Crippen LogP contribution < -0.4 is 5.73 Å². The summed E-state index contributed by atoms with van der Waals surface area (Å²) < 4.78 is 0. The van der Waals surface area contributed by atoms with Gasteiger partial charge in [-0.2, -0.15) is 0 Å². The molecule has 0 saturated heterocycles. The third kappa shape index (κ3) is 5.12. The first kappa shape index (κ1) is 20.6. The molecule has 1 unspecified atom stereocenters. The fourth-order valence-electron chi connectivity index (χ4n) is 1.86. The van der Waals surface area contributed by atoms with Gasteiger partial charge in [-0.15, -0.1) is 12.4 Å². The van der Waals surface area contributed by atoms with E-state index in [0.29, 0.717) is 18.9 Å². The van der Waals surface area contributed by atoms with Gasteiger partial charge in [-0.25, -0.2) is 0 Å². The van der Waals surface area contributed by atoms with Crippen molar-refractivity contribution in [2.45, 2.75) is 26.3 Å². The van der Waals surface area contributed by atoms with E-state index in [4.69, 9.17) is 17.3 Å². The first-order valence-corrected chi connectivity index (χ1v) is 7.07. The molecule has 8 heteroatoms. The van der Waals surface area contributed by atoms with Gasteiger partial charge < -0.3 is 10.6 Å². The standard InChI is InChI=1S/C14H20ClN3O3.ClH/c1-9(2)12(16)7-8-17(3)14(19)10-5-4-6-11(15)13(10)18(20)21;/h4-6,9,12H,7-8,16H2,1-3H3;1H. The highest BCUT2D eigenvalue weighted by Gasteiger charge is 2.25. The Hall–Kier alpha value is -1.37. The SMILES string of the molecule is CC(C)C(N)CCN(C)C(=O)c1cccc(Cl)c1[N+](=O)[O-].Cl. The summed E-state index contributed by atoms with van der Waals surface area (Å²) in [5.41, 5.74) is 5.57. The molecule has 0 spiro atoms. The van der Waals surface area contributed by atoms with E-state index in [1.165, 1.54) is 23.1 Å². The molecule has 0 aromatic heterocycles. The summed E-state index contributed by atoms with van der Waals surface area (Å²) in [4.78, 5) is 24.2. The van der Waals surface area contributed by atoms with Gasteiger partial charge >= 0.3 is 5.69 Å². The number of nitrogens with two attached hydrogens (primary N) is 1. The van der Waals surface area contributed by atoms with Crippen molar-refractivity contribution in [3.05, 3.63) is 38.9 Å². The molecule has 22 heavy (non-hydrogen) atoms. The van der Waals surface area contributed by atoms with Crippen molar-refractivity contribution in [1.82, 2.24) is 4.90 Å². The Balaban J connectivity index is 0.00000441. The third-order valence-corrected chi connectivity index (χ3v) is 3.71. The molecule has 1 aromatic rings. The number of carbonyl (C=O) groups is 1. The van der Waals surface area contributed by atoms with E-state index in [9.17, 15) is 14.9 Å². The Kier molecular flexibility index (Phi) is 8.37. The lowest BCUT2D eigenvalue weighted by Gasteiger charge is -2.21. The topological polar surface area (TPSA) is 89.5 Å². The number of halogens is 2. The van der Waals surface area contributed by atoms with Crippen LogP contribution >= 0.6 is 24.0 Å². The minimum atomic E-state index is -0.636. The van der Waals surface area contributed by atoms with E-state index in [1.54, 1.807) is 7.05 Å². The van der Waals surface area contributed by atoms with Gasteiger partial charge in [0, 0.05) is 19.6 Å². The van der Waals surface area contributed by atoms with E-state index < -0.39 is 10.8 Å². The Morgan fingerprint density at radius 2 is 2.05 bits per heavy atom. The predicted molar refractivity (Wildman–Crippen MR) is 89.7 cm³/mol. The number of rotatable bonds is 6. The zero-order valence-corrected chi connectivity index (χ0v) is 14.4. The highest BCUT2D eigenvalue weighted by atomic mass is 35.5. The fraction of sp³-hybridized carbons (Fsp3) is 0.500. The van der Waals surface area contributed by atoms with Crippen molar-refractivity contribution < 1.29 is 9.72 Å². The molecular formula is C14H21Cl2N3O3. The first-order chi connectivity index (χ1) is 9.75. The van der Waals surface area contributed by atoms with Crippen molar-refractivity contribution in [3.63, 3.8) is 0 Å². The van der Waals surface area contributed by atoms with E-state index in [0.717, 1.165) is 0 Å². The summed E-state index contributed by atoms with van der Waals surface area (Å²) in [6.07, 6.45) is 0.633. The van der Waals surface area contributed by atoms with E-state index >= 15 is 0 Å². The van der Waals surface area contributed by atoms with Crippen LogP contribution in [0.25, 0.3) is 0 Å². The Labute approximate surface area is 141 Å². The summed E-state index contributed by atoms with van der Waals surface area (Å²) >= 11 is 5.81. The van der Waals surface area contributed by atoms with Crippen LogP contribution in [0.3, 0.4) is 0 Å². The van der Waals surface area contributed by atoms with Gasteiger partial charge in [0.05, 0.1) is 4.92 Å². The summed E-state index contributed by atoms with van der Waals surface area (Å²) in [6, 6.07) is 4.31. The van der Waals surface area contributed by atoms with Gasteiger partial charge in [-0.05, 0) is 24.5 Å². The van der Waals surface area contributed by atoms with Crippen LogP contribution in [0.2, 0.25) is 5.02 Å². The Bertz CT molecular complexity index is 538. The highest BCUT2D eigenvalue weighted by Crippen LogP contribution is 2.28. The van der Waals surface area contributed by atoms with E-state index in [-0.39, 0.29) is 34.7 Å². The van der Waals surface area contributed by atoms with Crippen molar-refractivity contribution in [3.8, 4) is 0 Å². The smallest absolute Gasteiger partial charge is 0.300 e. The summed E-state index contributed by atoms with van der Waals surface area (Å²) in [5, 5.41) is 11.0. The molecule has 1 aromatic carbocycles. The van der Waals surface area contributed by atoms with Crippen LogP contribution in [-0.4, -0.2) is 35.4 Å². The van der Waals surface area contributed by atoms with Crippen molar-refractivity contribution in [1.29, 1.82) is 0 Å². The quantitative estimate of drug-likeness (QED) is 0.630. The molecule has 6 nitrogen and oxygen atoms in total. The summed E-state index contributed by atoms with van der Waals surface area (Å²) in [5.74, 6) is -0.117. The minimum Gasteiger partial charge on any atom is -0.341 e. The van der Waals surface area contributed by atoms with Crippen LogP contribution in [0.1, 0.15) is 30.6 Å². The summed E-state index contributed by atoms with van der Waals surface area (Å²) in [6.45, 7) is 4.45. The van der Waals surface area contributed by atoms with Gasteiger partial charge in [-0.3, -0.25) is 14.9 Å². The van der Waals surface area contributed by atoms with E-state index in [1.807, 2.05) is 13.8 Å². The van der Waals surface area contributed by atoms with Gasteiger partial charge in [0.15, 0.2) is 0 Å². The number of amides is 1. The second-order valence-electron chi connectivity index (χ2n) is 5.32. The summed E-state index contributed by atoms with van der Waals surface area (Å²) in [7, 11) is 1.60. The molecule has 2 N–H and O–H groups in total. The molecule has 0 fully saturated rings. The molecule has 0 saturated carbocycles. The maximum absolute atomic E-state index is 12.3. The van der Waals surface area contributed by atoms with Crippen LogP contribution in [0.4, 0.5) is 5.69 Å². The molecule has 1 amide bonds. The second kappa shape index (κ2) is 8.92. The molecule has 0 aliphatic rings. The lowest BCUT2D eigenvalue weighted by atomic mass is 10.0. The minimum absolute atomic E-state index is 0. The lowest BCUT2D eigenvalue weighted by molar-refractivity contribution is -0.385. The molecule has 1 rings (SSSR count). The zero-order chi connectivity index (χ0) is 16.2. The highest BCUT2D eigenvalue weighted by molar-refractivity contribution is 6.33. The molecule has 0 radical (unpaired) electrons. The maximum Gasteiger partial charge on any atom is 0.300 e. The Morgan fingerprint density at radius 3 is 2.55 bits per heavy atom. The average Bonchev–Trinajstić information content (AvgIpc) is 2.42. The largest absolute Gasteiger partial charge is 0.341 e. The number of carbonyl (C=O) groups excluding carboxylic acids is 1. The van der Waals surface area contributed by atoms with Gasteiger partial charge in [0.1, 0.15) is 10.6 Å². The number of hydrogen-bond donors (Lipinski definition) is 1. The van der Waals surface area contributed by atoms with Crippen LogP contribution in [0, 0.1) is 16.0 Å². The van der Waals surface area contributed by atoms with Crippen LogP contribution in [0.15, 0.2) is 18.2 Å². The number of hydrogen-bond acceptors (Lipinski definition) is 4. The molecule has 0 heterocycles. The monoisotopic (exact) mass is 349 g/mol. The molecule has 0 aliphatic heterocycles. The van der Waals surface area contributed by atoms with Crippen LogP contribution in [0.5, 0.6) is 0 Å². The number of nitrogens with zero attached hydrogens (tertiary/aromatic N) is 2. The Morgan fingerprint density at radius 1 is 1.45 bits per heavy atom. The molecular weight excluding hydrogens is 329 g/mol. The molecule has 124 valence electrons.